The van der Waals surface area contributed by atoms with Gasteiger partial charge in [-0.05, 0) is 52.1 Å². The Kier molecular flexibility index (Phi) is 3.73. The molecule has 2 fully saturated rings. The first kappa shape index (κ1) is 12.8. The molecule has 1 aliphatic carbocycles. The van der Waals surface area contributed by atoms with Gasteiger partial charge in [-0.15, -0.1) is 0 Å². The molecule has 4 nitrogen and oxygen atoms in total. The minimum absolute atomic E-state index is 0.0443. The zero-order valence-corrected chi connectivity index (χ0v) is 11.0. The van der Waals surface area contributed by atoms with Crippen LogP contribution in [0.5, 0.6) is 0 Å². The average molecular weight is 240 g/mol. The predicted molar refractivity (Wildman–Crippen MR) is 66.8 cm³/mol. The Bertz CT molecular complexity index is 276. The number of hydrogen-bond donors (Lipinski definition) is 2. The second-order valence-corrected chi connectivity index (χ2v) is 5.83. The molecule has 0 unspecified atom stereocenters. The van der Waals surface area contributed by atoms with E-state index in [-0.39, 0.29) is 16.9 Å². The van der Waals surface area contributed by atoms with E-state index >= 15 is 0 Å². The second-order valence-electron chi connectivity index (χ2n) is 5.83. The number of methoxy groups -OCH3 is 1. The Morgan fingerprint density at radius 2 is 1.94 bits per heavy atom. The average Bonchev–Trinajstić information content (AvgIpc) is 2.28. The van der Waals surface area contributed by atoms with Crippen molar-refractivity contribution in [2.75, 3.05) is 26.8 Å². The van der Waals surface area contributed by atoms with Gasteiger partial charge in [-0.3, -0.25) is 4.79 Å². The monoisotopic (exact) mass is 240 g/mol. The Hall–Kier alpha value is -0.610. The highest BCUT2D eigenvalue weighted by Gasteiger charge is 2.43. The first-order valence-electron chi connectivity index (χ1n) is 6.63. The molecule has 0 radical (unpaired) electrons. The summed E-state index contributed by atoms with van der Waals surface area (Å²) in [6.45, 7) is 4.51. The zero-order chi connectivity index (χ0) is 12.4. The molecule has 0 spiro atoms. The van der Waals surface area contributed by atoms with Crippen molar-refractivity contribution in [3.8, 4) is 0 Å². The molecule has 1 aliphatic heterocycles. The molecule has 2 aliphatic rings. The highest BCUT2D eigenvalue weighted by atomic mass is 16.5. The molecule has 1 saturated heterocycles. The van der Waals surface area contributed by atoms with Crippen LogP contribution in [0.3, 0.4) is 0 Å². The first-order chi connectivity index (χ1) is 8.10. The summed E-state index contributed by atoms with van der Waals surface area (Å²) >= 11 is 0. The van der Waals surface area contributed by atoms with Gasteiger partial charge < -0.3 is 15.4 Å². The predicted octanol–water partition coefficient (Wildman–Crippen LogP) is 1.06. The number of nitrogens with one attached hydrogen (secondary N) is 2. The van der Waals surface area contributed by atoms with E-state index in [9.17, 15) is 4.79 Å². The summed E-state index contributed by atoms with van der Waals surface area (Å²) in [6, 6.07) is 0. The van der Waals surface area contributed by atoms with Crippen LogP contribution in [0, 0.1) is 5.41 Å². The largest absolute Gasteiger partial charge is 0.384 e. The Balaban J connectivity index is 2.01. The minimum Gasteiger partial charge on any atom is -0.384 e. The Morgan fingerprint density at radius 1 is 1.29 bits per heavy atom. The fourth-order valence-electron chi connectivity index (χ4n) is 2.86. The molecular formula is C13H24N2O2. The summed E-state index contributed by atoms with van der Waals surface area (Å²) in [6.07, 6.45) is 5.21. The number of hydrogen-bond acceptors (Lipinski definition) is 3. The van der Waals surface area contributed by atoms with E-state index < -0.39 is 0 Å². The van der Waals surface area contributed by atoms with Gasteiger partial charge in [-0.1, -0.05) is 0 Å². The topological polar surface area (TPSA) is 50.4 Å². The van der Waals surface area contributed by atoms with Gasteiger partial charge in [0.1, 0.15) is 0 Å². The van der Waals surface area contributed by atoms with Gasteiger partial charge in [0, 0.05) is 12.6 Å². The van der Waals surface area contributed by atoms with Crippen molar-refractivity contribution in [1.82, 2.24) is 10.6 Å². The van der Waals surface area contributed by atoms with Gasteiger partial charge in [-0.2, -0.15) is 0 Å². The lowest BCUT2D eigenvalue weighted by Crippen LogP contribution is -2.58. The number of carbonyl (C=O) groups excluding carboxylic acids is 1. The van der Waals surface area contributed by atoms with Crippen molar-refractivity contribution in [2.24, 2.45) is 5.41 Å². The number of piperidine rings is 1. The first-order valence-corrected chi connectivity index (χ1v) is 6.63. The normalized spacial score (nSPS) is 26.0. The van der Waals surface area contributed by atoms with Crippen molar-refractivity contribution in [3.05, 3.63) is 0 Å². The molecule has 0 aromatic rings. The maximum atomic E-state index is 12.5. The van der Waals surface area contributed by atoms with Crippen LogP contribution in [-0.2, 0) is 9.53 Å². The zero-order valence-electron chi connectivity index (χ0n) is 11.0. The molecule has 1 heterocycles. The van der Waals surface area contributed by atoms with Crippen molar-refractivity contribution in [2.45, 2.75) is 44.6 Å². The standard InChI is InChI=1S/C13H24N2O2/c1-12(4-3-5-12)15-11(16)13(10-17-2)6-8-14-9-7-13/h14H,3-10H2,1-2H3,(H,15,16). The van der Waals surface area contributed by atoms with Gasteiger partial charge in [0.2, 0.25) is 5.91 Å². The highest BCUT2D eigenvalue weighted by molar-refractivity contribution is 5.83. The molecule has 1 amide bonds. The number of ether oxygens (including phenoxy) is 1. The van der Waals surface area contributed by atoms with Gasteiger partial charge in [0.05, 0.1) is 12.0 Å². The van der Waals surface area contributed by atoms with Crippen LogP contribution in [-0.4, -0.2) is 38.3 Å². The van der Waals surface area contributed by atoms with E-state index in [0.29, 0.717) is 6.61 Å². The molecule has 2 rings (SSSR count). The van der Waals surface area contributed by atoms with Crippen molar-refractivity contribution < 1.29 is 9.53 Å². The fraction of sp³-hybridized carbons (Fsp3) is 0.923. The molecule has 0 atom stereocenters. The van der Waals surface area contributed by atoms with Gasteiger partial charge in [0.15, 0.2) is 0 Å². The van der Waals surface area contributed by atoms with Crippen LogP contribution >= 0.6 is 0 Å². The van der Waals surface area contributed by atoms with E-state index in [1.807, 2.05) is 0 Å². The SMILES string of the molecule is COCC1(C(=O)NC2(C)CCC2)CCNCC1. The number of carbonyl (C=O) groups is 1. The van der Waals surface area contributed by atoms with Gasteiger partial charge in [-0.25, -0.2) is 0 Å². The van der Waals surface area contributed by atoms with Crippen LogP contribution in [0.25, 0.3) is 0 Å². The van der Waals surface area contributed by atoms with Crippen molar-refractivity contribution in [1.29, 1.82) is 0 Å². The third-order valence-corrected chi connectivity index (χ3v) is 4.34. The quantitative estimate of drug-likeness (QED) is 0.772. The summed E-state index contributed by atoms with van der Waals surface area (Å²) in [5.74, 6) is 0.197. The fourth-order valence-corrected chi connectivity index (χ4v) is 2.86. The lowest BCUT2D eigenvalue weighted by atomic mass is 9.74. The van der Waals surface area contributed by atoms with E-state index in [0.717, 1.165) is 38.8 Å². The van der Waals surface area contributed by atoms with Gasteiger partial charge >= 0.3 is 0 Å². The molecule has 0 aromatic carbocycles. The molecular weight excluding hydrogens is 216 g/mol. The van der Waals surface area contributed by atoms with Crippen molar-refractivity contribution >= 4 is 5.91 Å². The molecule has 4 heteroatoms. The molecule has 1 saturated carbocycles. The molecule has 0 bridgehead atoms. The van der Waals surface area contributed by atoms with Crippen LogP contribution in [0.1, 0.15) is 39.0 Å². The van der Waals surface area contributed by atoms with E-state index in [4.69, 9.17) is 4.74 Å². The number of amides is 1. The lowest BCUT2D eigenvalue weighted by molar-refractivity contribution is -0.139. The minimum atomic E-state index is -0.307. The van der Waals surface area contributed by atoms with E-state index in [1.54, 1.807) is 7.11 Å². The molecule has 98 valence electrons. The third kappa shape index (κ3) is 2.63. The summed E-state index contributed by atoms with van der Waals surface area (Å²) in [7, 11) is 1.68. The second kappa shape index (κ2) is 4.94. The smallest absolute Gasteiger partial charge is 0.229 e. The summed E-state index contributed by atoms with van der Waals surface area (Å²) in [5, 5.41) is 6.55. The molecule has 2 N–H and O–H groups in total. The third-order valence-electron chi connectivity index (χ3n) is 4.34. The van der Waals surface area contributed by atoms with Crippen molar-refractivity contribution in [3.63, 3.8) is 0 Å². The number of rotatable bonds is 4. The molecule has 17 heavy (non-hydrogen) atoms. The molecule has 0 aromatic heterocycles. The van der Waals surface area contributed by atoms with E-state index in [2.05, 4.69) is 17.6 Å². The maximum Gasteiger partial charge on any atom is 0.229 e. The van der Waals surface area contributed by atoms with Crippen LogP contribution in [0.2, 0.25) is 0 Å². The maximum absolute atomic E-state index is 12.5. The lowest BCUT2D eigenvalue weighted by Gasteiger charge is -2.44. The van der Waals surface area contributed by atoms with Gasteiger partial charge in [0.25, 0.3) is 0 Å². The highest BCUT2D eigenvalue weighted by Crippen LogP contribution is 2.35. The van der Waals surface area contributed by atoms with Crippen LogP contribution < -0.4 is 10.6 Å². The van der Waals surface area contributed by atoms with Crippen LogP contribution in [0.15, 0.2) is 0 Å². The van der Waals surface area contributed by atoms with Crippen LogP contribution in [0.4, 0.5) is 0 Å². The summed E-state index contributed by atoms with van der Waals surface area (Å²) in [4.78, 5) is 12.5. The Labute approximate surface area is 103 Å². The Morgan fingerprint density at radius 3 is 2.41 bits per heavy atom. The summed E-state index contributed by atoms with van der Waals surface area (Å²) in [5.41, 5.74) is -0.263. The van der Waals surface area contributed by atoms with E-state index in [1.165, 1.54) is 6.42 Å². The summed E-state index contributed by atoms with van der Waals surface area (Å²) < 4.78 is 5.28.